The van der Waals surface area contributed by atoms with E-state index in [1.165, 1.54) is 0 Å². The van der Waals surface area contributed by atoms with Crippen LogP contribution < -0.4 is 5.32 Å². The van der Waals surface area contributed by atoms with E-state index < -0.39 is 0 Å². The predicted molar refractivity (Wildman–Crippen MR) is 112 cm³/mol. The average Bonchev–Trinajstić information content (AvgIpc) is 3.33. The number of nitrogens with one attached hydrogen (secondary N) is 1. The summed E-state index contributed by atoms with van der Waals surface area (Å²) in [6, 6.07) is 5.63. The molecule has 0 bridgehead atoms. The number of piperazine rings is 1. The largest absolute Gasteiger partial charge is 0.507 e. The van der Waals surface area contributed by atoms with Gasteiger partial charge in [-0.05, 0) is 31.6 Å². The fraction of sp³-hybridized carbons (Fsp3) is 0.381. The number of phenolic OH excluding ortho intramolecular Hbond substituents is 1. The molecule has 2 aliphatic rings. The van der Waals surface area contributed by atoms with Crippen LogP contribution >= 0.6 is 0 Å². The van der Waals surface area contributed by atoms with E-state index in [4.69, 9.17) is 0 Å². The number of phenols is 1. The van der Waals surface area contributed by atoms with E-state index in [2.05, 4.69) is 36.5 Å². The van der Waals surface area contributed by atoms with E-state index in [-0.39, 0.29) is 5.75 Å². The highest BCUT2D eigenvalue weighted by molar-refractivity contribution is 6.10. The van der Waals surface area contributed by atoms with E-state index in [0.29, 0.717) is 11.3 Å². The molecule has 3 heterocycles. The third-order valence-corrected chi connectivity index (χ3v) is 5.36. The molecule has 0 spiro atoms. The van der Waals surface area contributed by atoms with Gasteiger partial charge >= 0.3 is 0 Å². The predicted octanol–water partition coefficient (Wildman–Crippen LogP) is 2.42. The SMILES string of the molecule is C=C/C(=N\N=C(/C)N1CCNCC1)c1ccc(-c2cnc3n2CCC3)cc1O. The lowest BCUT2D eigenvalue weighted by atomic mass is 10.0. The number of aryl methyl sites for hydroxylation is 1. The summed E-state index contributed by atoms with van der Waals surface area (Å²) in [7, 11) is 0. The normalized spacial score (nSPS) is 17.7. The summed E-state index contributed by atoms with van der Waals surface area (Å²) in [6.07, 6.45) is 5.64. The zero-order valence-corrected chi connectivity index (χ0v) is 16.2. The van der Waals surface area contributed by atoms with Crippen molar-refractivity contribution >= 4 is 11.5 Å². The van der Waals surface area contributed by atoms with Gasteiger partial charge in [0.2, 0.25) is 0 Å². The number of rotatable bonds is 4. The highest BCUT2D eigenvalue weighted by Crippen LogP contribution is 2.30. The number of imidazole rings is 1. The van der Waals surface area contributed by atoms with Gasteiger partial charge in [0.15, 0.2) is 0 Å². The van der Waals surface area contributed by atoms with Crippen LogP contribution in [-0.2, 0) is 13.0 Å². The first-order valence-corrected chi connectivity index (χ1v) is 9.76. The standard InChI is InChI=1S/C21H26N6O/c1-3-18(25-24-15(2)26-11-8-22-9-12-26)17-7-6-16(13-20(17)28)19-14-23-21-5-4-10-27(19)21/h3,6-7,13-14,22,28H,1,4-5,8-12H2,2H3/b24-15+,25-18+. The van der Waals surface area contributed by atoms with E-state index >= 15 is 0 Å². The van der Waals surface area contributed by atoms with Gasteiger partial charge in [-0.2, -0.15) is 0 Å². The van der Waals surface area contributed by atoms with Crippen LogP contribution in [0.15, 0.2) is 47.3 Å². The molecule has 146 valence electrons. The third kappa shape index (κ3) is 3.57. The van der Waals surface area contributed by atoms with Crippen molar-refractivity contribution in [2.75, 3.05) is 26.2 Å². The van der Waals surface area contributed by atoms with Gasteiger partial charge in [-0.15, -0.1) is 10.2 Å². The number of allylic oxidation sites excluding steroid dienone is 1. The molecule has 0 radical (unpaired) electrons. The summed E-state index contributed by atoms with van der Waals surface area (Å²) in [5.41, 5.74) is 3.17. The second-order valence-electron chi connectivity index (χ2n) is 7.12. The molecule has 0 saturated carbocycles. The second-order valence-corrected chi connectivity index (χ2v) is 7.12. The fourth-order valence-corrected chi connectivity index (χ4v) is 3.78. The molecular formula is C21H26N6O. The molecular weight excluding hydrogens is 352 g/mol. The Morgan fingerprint density at radius 2 is 2.07 bits per heavy atom. The number of aromatic hydroxyl groups is 1. The molecule has 1 fully saturated rings. The molecule has 28 heavy (non-hydrogen) atoms. The van der Waals surface area contributed by atoms with Gasteiger partial charge in [0.25, 0.3) is 0 Å². The number of hydrogen-bond acceptors (Lipinski definition) is 5. The van der Waals surface area contributed by atoms with Crippen LogP contribution in [0, 0.1) is 0 Å². The Hall–Kier alpha value is -2.93. The maximum absolute atomic E-state index is 10.6. The summed E-state index contributed by atoms with van der Waals surface area (Å²) in [5, 5.41) is 22.7. The number of fused-ring (bicyclic) bond motifs is 1. The molecule has 2 aromatic rings. The van der Waals surface area contributed by atoms with Crippen molar-refractivity contribution in [1.29, 1.82) is 0 Å². The van der Waals surface area contributed by atoms with Crippen LogP contribution in [0.2, 0.25) is 0 Å². The topological polar surface area (TPSA) is 78.0 Å². The molecule has 7 heteroatoms. The van der Waals surface area contributed by atoms with Gasteiger partial charge < -0.3 is 19.9 Å². The molecule has 4 rings (SSSR count). The molecule has 0 amide bonds. The Balaban J connectivity index is 1.59. The Kier molecular flexibility index (Phi) is 5.25. The summed E-state index contributed by atoms with van der Waals surface area (Å²) < 4.78 is 2.22. The van der Waals surface area contributed by atoms with Gasteiger partial charge in [0.1, 0.15) is 17.4 Å². The van der Waals surface area contributed by atoms with Crippen LogP contribution in [0.5, 0.6) is 5.75 Å². The smallest absolute Gasteiger partial charge is 0.125 e. The molecule has 2 aliphatic heterocycles. The number of amidine groups is 1. The number of benzene rings is 1. The Labute approximate surface area is 165 Å². The Bertz CT molecular complexity index is 936. The van der Waals surface area contributed by atoms with E-state index in [1.54, 1.807) is 12.1 Å². The van der Waals surface area contributed by atoms with Gasteiger partial charge in [-0.1, -0.05) is 12.6 Å². The minimum atomic E-state index is 0.166. The highest BCUT2D eigenvalue weighted by Gasteiger charge is 2.18. The molecule has 2 N–H and O–H groups in total. The molecule has 1 aromatic heterocycles. The van der Waals surface area contributed by atoms with Gasteiger partial charge in [0, 0.05) is 50.3 Å². The summed E-state index contributed by atoms with van der Waals surface area (Å²) in [4.78, 5) is 6.68. The van der Waals surface area contributed by atoms with Crippen molar-refractivity contribution in [3.05, 3.63) is 48.4 Å². The lowest BCUT2D eigenvalue weighted by Gasteiger charge is -2.28. The average molecular weight is 378 g/mol. The minimum Gasteiger partial charge on any atom is -0.507 e. The van der Waals surface area contributed by atoms with Crippen molar-refractivity contribution in [3.8, 4) is 17.0 Å². The molecule has 1 aromatic carbocycles. The summed E-state index contributed by atoms with van der Waals surface area (Å²) >= 11 is 0. The monoisotopic (exact) mass is 378 g/mol. The van der Waals surface area contributed by atoms with Crippen LogP contribution in [-0.4, -0.2) is 57.3 Å². The summed E-state index contributed by atoms with van der Waals surface area (Å²) in [5.74, 6) is 2.15. The van der Waals surface area contributed by atoms with Crippen molar-refractivity contribution < 1.29 is 5.11 Å². The van der Waals surface area contributed by atoms with Crippen LogP contribution in [0.3, 0.4) is 0 Å². The first-order chi connectivity index (χ1) is 13.7. The summed E-state index contributed by atoms with van der Waals surface area (Å²) in [6.45, 7) is 10.5. The minimum absolute atomic E-state index is 0.166. The fourth-order valence-electron chi connectivity index (χ4n) is 3.78. The number of aromatic nitrogens is 2. The third-order valence-electron chi connectivity index (χ3n) is 5.36. The first-order valence-electron chi connectivity index (χ1n) is 9.76. The van der Waals surface area contributed by atoms with Crippen molar-refractivity contribution in [2.24, 2.45) is 10.2 Å². The maximum Gasteiger partial charge on any atom is 0.125 e. The Morgan fingerprint density at radius 1 is 1.25 bits per heavy atom. The molecule has 1 saturated heterocycles. The second kappa shape index (κ2) is 7.98. The first kappa shape index (κ1) is 18.4. The molecule has 7 nitrogen and oxygen atoms in total. The van der Waals surface area contributed by atoms with Gasteiger partial charge in [-0.3, -0.25) is 0 Å². The van der Waals surface area contributed by atoms with Crippen molar-refractivity contribution in [1.82, 2.24) is 19.8 Å². The zero-order chi connectivity index (χ0) is 19.5. The zero-order valence-electron chi connectivity index (χ0n) is 16.2. The number of nitrogens with zero attached hydrogens (tertiary/aromatic N) is 5. The lowest BCUT2D eigenvalue weighted by Crippen LogP contribution is -2.45. The van der Waals surface area contributed by atoms with Gasteiger partial charge in [0.05, 0.1) is 17.6 Å². The maximum atomic E-state index is 10.6. The van der Waals surface area contributed by atoms with E-state index in [9.17, 15) is 5.11 Å². The quantitative estimate of drug-likeness (QED) is 0.487. The molecule has 0 unspecified atom stereocenters. The van der Waals surface area contributed by atoms with Crippen molar-refractivity contribution in [2.45, 2.75) is 26.3 Å². The Morgan fingerprint density at radius 3 is 2.82 bits per heavy atom. The van der Waals surface area contributed by atoms with Crippen LogP contribution in [0.25, 0.3) is 11.3 Å². The molecule has 0 atom stereocenters. The van der Waals surface area contributed by atoms with Crippen molar-refractivity contribution in [3.63, 3.8) is 0 Å². The highest BCUT2D eigenvalue weighted by atomic mass is 16.3. The molecule has 0 aliphatic carbocycles. The van der Waals surface area contributed by atoms with E-state index in [0.717, 1.165) is 68.5 Å². The van der Waals surface area contributed by atoms with Crippen LogP contribution in [0.1, 0.15) is 24.7 Å². The van der Waals surface area contributed by atoms with Gasteiger partial charge in [-0.25, -0.2) is 4.98 Å². The number of hydrogen-bond donors (Lipinski definition) is 2. The van der Waals surface area contributed by atoms with E-state index in [1.807, 2.05) is 25.3 Å². The van der Waals surface area contributed by atoms with Crippen LogP contribution in [0.4, 0.5) is 0 Å². The lowest BCUT2D eigenvalue weighted by molar-refractivity contribution is 0.355.